The van der Waals surface area contributed by atoms with E-state index in [1.807, 2.05) is 48.5 Å². The Morgan fingerprint density at radius 3 is 2.66 bits per heavy atom. The maximum absolute atomic E-state index is 12.1. The highest BCUT2D eigenvalue weighted by molar-refractivity contribution is 9.11. The van der Waals surface area contributed by atoms with Crippen LogP contribution in [0.3, 0.4) is 0 Å². The van der Waals surface area contributed by atoms with Gasteiger partial charge in [0.15, 0.2) is 6.61 Å². The molecule has 29 heavy (non-hydrogen) atoms. The lowest BCUT2D eigenvalue weighted by molar-refractivity contribution is -0.123. The average Bonchev–Trinajstić information content (AvgIpc) is 2.72. The van der Waals surface area contributed by atoms with Gasteiger partial charge in [0.2, 0.25) is 0 Å². The molecule has 0 aliphatic carbocycles. The van der Waals surface area contributed by atoms with E-state index in [1.165, 1.54) is 0 Å². The Morgan fingerprint density at radius 2 is 1.86 bits per heavy atom. The summed E-state index contributed by atoms with van der Waals surface area (Å²) >= 11 is 6.78. The van der Waals surface area contributed by atoms with Crippen LogP contribution in [0.4, 0.5) is 0 Å². The van der Waals surface area contributed by atoms with Crippen molar-refractivity contribution in [2.75, 3.05) is 13.2 Å². The van der Waals surface area contributed by atoms with E-state index in [2.05, 4.69) is 49.3 Å². The third-order valence-electron chi connectivity index (χ3n) is 4.03. The molecule has 7 heteroatoms. The Hall–Kier alpha value is -2.38. The molecule has 0 unspecified atom stereocenters. The largest absolute Gasteiger partial charge is 0.493 e. The monoisotopic (exact) mass is 518 g/mol. The highest BCUT2D eigenvalue weighted by Crippen LogP contribution is 2.28. The first kappa shape index (κ1) is 21.3. The Morgan fingerprint density at radius 1 is 1.07 bits per heavy atom. The van der Waals surface area contributed by atoms with Crippen LogP contribution < -0.4 is 14.9 Å². The molecule has 0 aliphatic heterocycles. The van der Waals surface area contributed by atoms with E-state index < -0.39 is 0 Å². The van der Waals surface area contributed by atoms with Crippen molar-refractivity contribution in [1.82, 2.24) is 5.43 Å². The summed E-state index contributed by atoms with van der Waals surface area (Å²) in [5, 5.41) is 6.19. The number of hydrogen-bond acceptors (Lipinski definition) is 4. The van der Waals surface area contributed by atoms with Crippen molar-refractivity contribution in [3.05, 3.63) is 69.1 Å². The topological polar surface area (TPSA) is 59.9 Å². The second kappa shape index (κ2) is 10.4. The smallest absolute Gasteiger partial charge is 0.277 e. The molecule has 0 spiro atoms. The lowest BCUT2D eigenvalue weighted by Gasteiger charge is -2.11. The number of rotatable bonds is 8. The lowest BCUT2D eigenvalue weighted by atomic mass is 10.0. The summed E-state index contributed by atoms with van der Waals surface area (Å²) in [7, 11) is 0. The number of nitrogens with zero attached hydrogens (tertiary/aromatic N) is 1. The summed E-state index contributed by atoms with van der Waals surface area (Å²) in [6, 6.07) is 17.4. The molecule has 0 saturated heterocycles. The van der Waals surface area contributed by atoms with Crippen LogP contribution >= 0.6 is 31.9 Å². The predicted molar refractivity (Wildman–Crippen MR) is 123 cm³/mol. The molecule has 1 N–H and O–H groups in total. The standard InChI is InChI=1S/C22H20Br2N2O3/c1-2-11-28-20-9-7-15-5-3-4-6-17(15)18(20)13-25-26-22(27)14-29-21-10-8-16(23)12-19(21)24/h3-10,12-13H,2,11,14H2,1H3,(H,26,27)/b25-13+. The molecule has 3 aromatic carbocycles. The third-order valence-corrected chi connectivity index (χ3v) is 5.14. The van der Waals surface area contributed by atoms with Crippen LogP contribution in [0.15, 0.2) is 68.6 Å². The Labute approximate surface area is 186 Å². The molecule has 150 valence electrons. The molecule has 0 fully saturated rings. The lowest BCUT2D eigenvalue weighted by Crippen LogP contribution is -2.24. The number of amides is 1. The summed E-state index contributed by atoms with van der Waals surface area (Å²) in [4.78, 5) is 12.1. The van der Waals surface area contributed by atoms with Gasteiger partial charge >= 0.3 is 0 Å². The SMILES string of the molecule is CCCOc1ccc2ccccc2c1/C=N/NC(=O)COc1ccc(Br)cc1Br. The Balaban J connectivity index is 1.68. The highest BCUT2D eigenvalue weighted by Gasteiger charge is 2.08. The summed E-state index contributed by atoms with van der Waals surface area (Å²) in [6.45, 7) is 2.52. The van der Waals surface area contributed by atoms with E-state index in [4.69, 9.17) is 9.47 Å². The molecular weight excluding hydrogens is 500 g/mol. The number of benzene rings is 3. The van der Waals surface area contributed by atoms with Crippen LogP contribution in [0, 0.1) is 0 Å². The third kappa shape index (κ3) is 5.81. The van der Waals surface area contributed by atoms with Gasteiger partial charge in [-0.2, -0.15) is 5.10 Å². The number of fused-ring (bicyclic) bond motifs is 1. The normalized spacial score (nSPS) is 11.0. The number of nitrogens with one attached hydrogen (secondary N) is 1. The van der Waals surface area contributed by atoms with Gasteiger partial charge in [-0.1, -0.05) is 53.2 Å². The van der Waals surface area contributed by atoms with E-state index in [0.717, 1.165) is 37.5 Å². The van der Waals surface area contributed by atoms with Crippen molar-refractivity contribution in [2.45, 2.75) is 13.3 Å². The fourth-order valence-corrected chi connectivity index (χ4v) is 3.84. The second-order valence-corrected chi connectivity index (χ2v) is 7.97. The average molecular weight is 520 g/mol. The number of ether oxygens (including phenoxy) is 2. The molecule has 0 aliphatic rings. The molecule has 3 aromatic rings. The van der Waals surface area contributed by atoms with E-state index >= 15 is 0 Å². The van der Waals surface area contributed by atoms with Gasteiger partial charge in [-0.15, -0.1) is 0 Å². The number of carbonyl (C=O) groups is 1. The predicted octanol–water partition coefficient (Wildman–Crippen LogP) is 5.68. The first-order valence-electron chi connectivity index (χ1n) is 9.12. The molecule has 0 atom stereocenters. The second-order valence-electron chi connectivity index (χ2n) is 6.20. The number of hydrogen-bond donors (Lipinski definition) is 1. The van der Waals surface area contributed by atoms with E-state index in [-0.39, 0.29) is 12.5 Å². The van der Waals surface area contributed by atoms with Crippen molar-refractivity contribution < 1.29 is 14.3 Å². The molecule has 3 rings (SSSR count). The van der Waals surface area contributed by atoms with Crippen LogP contribution in [-0.4, -0.2) is 25.3 Å². The van der Waals surface area contributed by atoms with Crippen LogP contribution in [0.5, 0.6) is 11.5 Å². The quantitative estimate of drug-likeness (QED) is 0.307. The van der Waals surface area contributed by atoms with Crippen LogP contribution in [0.1, 0.15) is 18.9 Å². The number of halogens is 2. The maximum atomic E-state index is 12.1. The molecular formula is C22H20Br2N2O3. The molecule has 0 bridgehead atoms. The number of carbonyl (C=O) groups excluding carboxylic acids is 1. The summed E-state index contributed by atoms with van der Waals surface area (Å²) in [5.41, 5.74) is 3.33. The van der Waals surface area contributed by atoms with Gasteiger partial charge in [-0.3, -0.25) is 4.79 Å². The van der Waals surface area contributed by atoms with Crippen molar-refractivity contribution in [1.29, 1.82) is 0 Å². The van der Waals surface area contributed by atoms with Gasteiger partial charge in [0.25, 0.3) is 5.91 Å². The first-order chi connectivity index (χ1) is 14.1. The van der Waals surface area contributed by atoms with Gasteiger partial charge < -0.3 is 9.47 Å². The van der Waals surface area contributed by atoms with Crippen molar-refractivity contribution >= 4 is 54.8 Å². The summed E-state index contributed by atoms with van der Waals surface area (Å²) < 4.78 is 13.0. The van der Waals surface area contributed by atoms with Gasteiger partial charge in [0, 0.05) is 10.0 Å². The Kier molecular flexibility index (Phi) is 7.66. The van der Waals surface area contributed by atoms with Crippen LogP contribution in [-0.2, 0) is 4.79 Å². The van der Waals surface area contributed by atoms with Crippen LogP contribution in [0.25, 0.3) is 10.8 Å². The Bertz CT molecular complexity index is 1040. The van der Waals surface area contributed by atoms with Gasteiger partial charge in [-0.25, -0.2) is 5.43 Å². The van der Waals surface area contributed by atoms with Crippen molar-refractivity contribution in [3.8, 4) is 11.5 Å². The van der Waals surface area contributed by atoms with Crippen molar-refractivity contribution in [3.63, 3.8) is 0 Å². The molecule has 0 aromatic heterocycles. The van der Waals surface area contributed by atoms with Gasteiger partial charge in [0.1, 0.15) is 11.5 Å². The zero-order valence-electron chi connectivity index (χ0n) is 15.8. The minimum atomic E-state index is -0.354. The molecule has 0 heterocycles. The number of hydrazone groups is 1. The van der Waals surface area contributed by atoms with Crippen molar-refractivity contribution in [2.24, 2.45) is 5.10 Å². The zero-order chi connectivity index (χ0) is 20.6. The molecule has 5 nitrogen and oxygen atoms in total. The maximum Gasteiger partial charge on any atom is 0.277 e. The van der Waals surface area contributed by atoms with Gasteiger partial charge in [0.05, 0.1) is 17.3 Å². The van der Waals surface area contributed by atoms with E-state index in [1.54, 1.807) is 12.3 Å². The molecule has 0 radical (unpaired) electrons. The highest BCUT2D eigenvalue weighted by atomic mass is 79.9. The molecule has 1 amide bonds. The molecule has 0 saturated carbocycles. The summed E-state index contributed by atoms with van der Waals surface area (Å²) in [5.74, 6) is 0.961. The van der Waals surface area contributed by atoms with Gasteiger partial charge in [-0.05, 0) is 57.4 Å². The first-order valence-corrected chi connectivity index (χ1v) is 10.7. The van der Waals surface area contributed by atoms with Crippen LogP contribution in [0.2, 0.25) is 0 Å². The fraction of sp³-hybridized carbons (Fsp3) is 0.182. The van der Waals surface area contributed by atoms with E-state index in [9.17, 15) is 4.79 Å². The summed E-state index contributed by atoms with van der Waals surface area (Å²) in [6.07, 6.45) is 2.52. The zero-order valence-corrected chi connectivity index (χ0v) is 19.0. The minimum absolute atomic E-state index is 0.147. The van der Waals surface area contributed by atoms with E-state index in [0.29, 0.717) is 12.4 Å². The fourth-order valence-electron chi connectivity index (χ4n) is 2.68. The minimum Gasteiger partial charge on any atom is -0.493 e.